The Morgan fingerprint density at radius 1 is 1.08 bits per heavy atom. The van der Waals surface area contributed by atoms with E-state index in [4.69, 9.17) is 5.11 Å². The second-order valence-electron chi connectivity index (χ2n) is 4.31. The molecule has 0 bridgehead atoms. The Balaban J connectivity index is 1.98. The van der Waals surface area contributed by atoms with Gasteiger partial charge in [-0.15, -0.1) is 0 Å². The Bertz CT molecular complexity index is 174. The lowest BCUT2D eigenvalue weighted by atomic mass is 9.82. The van der Waals surface area contributed by atoms with Crippen molar-refractivity contribution in [1.29, 1.82) is 0 Å². The highest BCUT2D eigenvalue weighted by atomic mass is 16.4. The maximum Gasteiger partial charge on any atom is 0.306 e. The molecule has 68 valence electrons. The summed E-state index contributed by atoms with van der Waals surface area (Å²) in [7, 11) is 0. The topological polar surface area (TPSA) is 37.3 Å². The molecule has 0 unspecified atom stereocenters. The number of rotatable bonds is 1. The molecule has 0 amide bonds. The lowest BCUT2D eigenvalue weighted by molar-refractivity contribution is -0.141. The van der Waals surface area contributed by atoms with Crippen molar-refractivity contribution in [2.45, 2.75) is 38.5 Å². The summed E-state index contributed by atoms with van der Waals surface area (Å²) in [5.41, 5.74) is 0. The van der Waals surface area contributed by atoms with Crippen LogP contribution in [0.2, 0.25) is 0 Å². The minimum Gasteiger partial charge on any atom is -0.481 e. The van der Waals surface area contributed by atoms with Crippen LogP contribution in [0.4, 0.5) is 0 Å². The van der Waals surface area contributed by atoms with Gasteiger partial charge in [0, 0.05) is 0 Å². The zero-order valence-electron chi connectivity index (χ0n) is 7.33. The Kier molecular flexibility index (Phi) is 2.07. The van der Waals surface area contributed by atoms with Crippen molar-refractivity contribution in [3.05, 3.63) is 0 Å². The SMILES string of the molecule is O=C(O)C1C[C@H]2CCCC[C@@H]2C1. The van der Waals surface area contributed by atoms with E-state index in [2.05, 4.69) is 0 Å². The van der Waals surface area contributed by atoms with Gasteiger partial charge in [0.05, 0.1) is 5.92 Å². The van der Waals surface area contributed by atoms with Crippen molar-refractivity contribution in [2.75, 3.05) is 0 Å². The van der Waals surface area contributed by atoms with Gasteiger partial charge in [-0.2, -0.15) is 0 Å². The molecule has 0 saturated heterocycles. The fourth-order valence-corrected chi connectivity index (χ4v) is 2.93. The number of hydrogen-bond donors (Lipinski definition) is 1. The molecular weight excluding hydrogens is 152 g/mol. The average Bonchev–Trinajstić information content (AvgIpc) is 2.46. The number of carboxylic acid groups (broad SMARTS) is 1. The van der Waals surface area contributed by atoms with Gasteiger partial charge in [0.25, 0.3) is 0 Å². The lowest BCUT2D eigenvalue weighted by Gasteiger charge is -2.24. The molecule has 0 heterocycles. The Morgan fingerprint density at radius 2 is 1.58 bits per heavy atom. The van der Waals surface area contributed by atoms with Crippen LogP contribution in [0.15, 0.2) is 0 Å². The number of hydrogen-bond acceptors (Lipinski definition) is 1. The highest BCUT2D eigenvalue weighted by Gasteiger charge is 2.38. The summed E-state index contributed by atoms with van der Waals surface area (Å²) in [6.45, 7) is 0. The lowest BCUT2D eigenvalue weighted by Crippen LogP contribution is -2.12. The molecule has 0 spiro atoms. The van der Waals surface area contributed by atoms with Gasteiger partial charge in [0.2, 0.25) is 0 Å². The molecule has 2 aliphatic carbocycles. The van der Waals surface area contributed by atoms with Crippen LogP contribution in [0, 0.1) is 17.8 Å². The van der Waals surface area contributed by atoms with Crippen LogP contribution < -0.4 is 0 Å². The second-order valence-corrected chi connectivity index (χ2v) is 4.31. The van der Waals surface area contributed by atoms with Gasteiger partial charge in [-0.1, -0.05) is 25.7 Å². The highest BCUT2D eigenvalue weighted by Crippen LogP contribution is 2.44. The van der Waals surface area contributed by atoms with Gasteiger partial charge >= 0.3 is 5.97 Å². The summed E-state index contributed by atoms with van der Waals surface area (Å²) < 4.78 is 0. The van der Waals surface area contributed by atoms with Crippen LogP contribution in [0.3, 0.4) is 0 Å². The van der Waals surface area contributed by atoms with E-state index in [1.807, 2.05) is 0 Å². The number of carboxylic acids is 1. The van der Waals surface area contributed by atoms with Gasteiger partial charge < -0.3 is 5.11 Å². The van der Waals surface area contributed by atoms with Gasteiger partial charge in [0.1, 0.15) is 0 Å². The van der Waals surface area contributed by atoms with Crippen LogP contribution in [0.5, 0.6) is 0 Å². The summed E-state index contributed by atoms with van der Waals surface area (Å²) in [6, 6.07) is 0. The van der Waals surface area contributed by atoms with Crippen molar-refractivity contribution < 1.29 is 9.90 Å². The van der Waals surface area contributed by atoms with Crippen LogP contribution in [0.1, 0.15) is 38.5 Å². The first kappa shape index (κ1) is 8.09. The fraction of sp³-hybridized carbons (Fsp3) is 0.900. The van der Waals surface area contributed by atoms with Crippen molar-refractivity contribution in [2.24, 2.45) is 17.8 Å². The first-order valence-electron chi connectivity index (χ1n) is 5.00. The molecule has 2 heteroatoms. The molecule has 0 aromatic carbocycles. The second kappa shape index (κ2) is 3.08. The Labute approximate surface area is 73.0 Å². The van der Waals surface area contributed by atoms with E-state index in [-0.39, 0.29) is 5.92 Å². The van der Waals surface area contributed by atoms with Crippen LogP contribution >= 0.6 is 0 Å². The molecule has 2 nitrogen and oxygen atoms in total. The highest BCUT2D eigenvalue weighted by molar-refractivity contribution is 5.70. The third kappa shape index (κ3) is 1.35. The third-order valence-corrected chi connectivity index (χ3v) is 3.59. The van der Waals surface area contributed by atoms with Crippen molar-refractivity contribution in [1.82, 2.24) is 0 Å². The zero-order valence-corrected chi connectivity index (χ0v) is 7.33. The molecular formula is C10H16O2. The first-order valence-corrected chi connectivity index (χ1v) is 5.00. The monoisotopic (exact) mass is 168 g/mol. The average molecular weight is 168 g/mol. The molecule has 2 atom stereocenters. The predicted molar refractivity (Wildman–Crippen MR) is 45.8 cm³/mol. The quantitative estimate of drug-likeness (QED) is 0.652. The molecule has 0 radical (unpaired) electrons. The predicted octanol–water partition coefficient (Wildman–Crippen LogP) is 2.29. The molecule has 2 saturated carbocycles. The van der Waals surface area contributed by atoms with Crippen LogP contribution in [-0.4, -0.2) is 11.1 Å². The van der Waals surface area contributed by atoms with Gasteiger partial charge in [-0.3, -0.25) is 4.79 Å². The summed E-state index contributed by atoms with van der Waals surface area (Å²) in [4.78, 5) is 10.7. The summed E-state index contributed by atoms with van der Waals surface area (Å²) in [6.07, 6.45) is 7.14. The molecule has 0 aliphatic heterocycles. The van der Waals surface area contributed by atoms with E-state index in [0.717, 1.165) is 24.7 Å². The van der Waals surface area contributed by atoms with Gasteiger partial charge in [-0.25, -0.2) is 0 Å². The van der Waals surface area contributed by atoms with Gasteiger partial charge in [0.15, 0.2) is 0 Å². The maximum absolute atomic E-state index is 10.7. The number of carbonyl (C=O) groups is 1. The van der Waals surface area contributed by atoms with E-state index in [9.17, 15) is 4.79 Å². The third-order valence-electron chi connectivity index (χ3n) is 3.59. The normalized spacial score (nSPS) is 36.3. The minimum absolute atomic E-state index is 0.0156. The zero-order chi connectivity index (χ0) is 8.55. The minimum atomic E-state index is -0.565. The molecule has 0 aromatic rings. The van der Waals surface area contributed by atoms with Crippen LogP contribution in [-0.2, 0) is 4.79 Å². The van der Waals surface area contributed by atoms with E-state index < -0.39 is 5.97 Å². The molecule has 1 N–H and O–H groups in total. The van der Waals surface area contributed by atoms with E-state index in [1.54, 1.807) is 0 Å². The van der Waals surface area contributed by atoms with E-state index >= 15 is 0 Å². The molecule has 0 aromatic heterocycles. The molecule has 2 rings (SSSR count). The first-order chi connectivity index (χ1) is 5.77. The largest absolute Gasteiger partial charge is 0.481 e. The van der Waals surface area contributed by atoms with E-state index in [0.29, 0.717) is 0 Å². The Hall–Kier alpha value is -0.530. The van der Waals surface area contributed by atoms with Gasteiger partial charge in [-0.05, 0) is 24.7 Å². The molecule has 2 aliphatic rings. The summed E-state index contributed by atoms with van der Waals surface area (Å²) in [5, 5.41) is 8.86. The number of aliphatic carboxylic acids is 1. The van der Waals surface area contributed by atoms with Crippen molar-refractivity contribution in [3.8, 4) is 0 Å². The molecule has 12 heavy (non-hydrogen) atoms. The Morgan fingerprint density at radius 3 is 2.00 bits per heavy atom. The maximum atomic E-state index is 10.7. The number of fused-ring (bicyclic) bond motifs is 1. The summed E-state index contributed by atoms with van der Waals surface area (Å²) in [5.74, 6) is 0.919. The van der Waals surface area contributed by atoms with Crippen LogP contribution in [0.25, 0.3) is 0 Å². The molecule has 2 fully saturated rings. The summed E-state index contributed by atoms with van der Waals surface area (Å²) >= 11 is 0. The van der Waals surface area contributed by atoms with Crippen molar-refractivity contribution >= 4 is 5.97 Å². The van der Waals surface area contributed by atoms with Crippen molar-refractivity contribution in [3.63, 3.8) is 0 Å². The van der Waals surface area contributed by atoms with E-state index in [1.165, 1.54) is 25.7 Å². The standard InChI is InChI=1S/C10H16O2/c11-10(12)9-5-7-3-1-2-4-8(7)6-9/h7-9H,1-6H2,(H,11,12)/t7-,8-/m1/s1. The smallest absolute Gasteiger partial charge is 0.306 e. The fourth-order valence-electron chi connectivity index (χ4n) is 2.93.